The fourth-order valence-electron chi connectivity index (χ4n) is 1.25. The maximum atomic E-state index is 12.4. The molecule has 0 fully saturated rings. The quantitative estimate of drug-likeness (QED) is 0.552. The Labute approximate surface area is 92.0 Å². The highest BCUT2D eigenvalue weighted by Gasteiger charge is 2.44. The molecule has 0 aliphatic heterocycles. The summed E-state index contributed by atoms with van der Waals surface area (Å²) in [6.07, 6.45) is -10.3. The average Bonchev–Trinajstić information content (AvgIpc) is 2.13. The van der Waals surface area contributed by atoms with Crippen molar-refractivity contribution in [2.45, 2.75) is 19.3 Å². The molecule has 1 rings (SSSR count). The van der Waals surface area contributed by atoms with Gasteiger partial charge in [0.05, 0.1) is 5.56 Å². The van der Waals surface area contributed by atoms with Gasteiger partial charge in [-0.15, -0.1) is 0 Å². The molecular weight excluding hydrogens is 250 g/mol. The van der Waals surface area contributed by atoms with Crippen LogP contribution in [-0.2, 0) is 6.18 Å². The van der Waals surface area contributed by atoms with Crippen LogP contribution in [0.2, 0.25) is 0 Å². The van der Waals surface area contributed by atoms with E-state index in [-0.39, 0.29) is 5.56 Å². The van der Waals surface area contributed by atoms with Crippen LogP contribution in [0, 0.1) is 6.92 Å². The molecule has 0 aromatic heterocycles. The minimum atomic E-state index is -5.33. The number of hydrogen-bond donors (Lipinski definition) is 0. The van der Waals surface area contributed by atoms with Crippen molar-refractivity contribution in [3.8, 4) is 0 Å². The van der Waals surface area contributed by atoms with Crippen LogP contribution in [0.1, 0.15) is 21.5 Å². The fourth-order valence-corrected chi connectivity index (χ4v) is 1.25. The molecule has 0 aliphatic carbocycles. The van der Waals surface area contributed by atoms with E-state index in [0.29, 0.717) is 12.1 Å². The van der Waals surface area contributed by atoms with Gasteiger partial charge in [-0.1, -0.05) is 11.6 Å². The number of carbonyl (C=O) groups excluding carboxylic acids is 1. The van der Waals surface area contributed by atoms with Crippen LogP contribution in [0.4, 0.5) is 26.3 Å². The summed E-state index contributed by atoms with van der Waals surface area (Å²) in [5, 5.41) is 0. The molecule has 0 spiro atoms. The van der Waals surface area contributed by atoms with Crippen LogP contribution in [0.25, 0.3) is 0 Å². The molecule has 7 heteroatoms. The van der Waals surface area contributed by atoms with E-state index in [0.717, 1.165) is 6.07 Å². The second-order valence-electron chi connectivity index (χ2n) is 3.37. The summed E-state index contributed by atoms with van der Waals surface area (Å²) < 4.78 is 73.6. The number of hydrogen-bond acceptors (Lipinski definition) is 1. The maximum absolute atomic E-state index is 12.4. The Hall–Kier alpha value is -1.53. The van der Waals surface area contributed by atoms with Crippen LogP contribution < -0.4 is 0 Å². The Morgan fingerprint density at radius 3 is 2.00 bits per heavy atom. The van der Waals surface area contributed by atoms with Gasteiger partial charge in [0, 0.05) is 5.56 Å². The molecule has 0 saturated heterocycles. The third-order valence-corrected chi connectivity index (χ3v) is 1.98. The molecule has 0 radical (unpaired) electrons. The van der Waals surface area contributed by atoms with Gasteiger partial charge in [-0.25, -0.2) is 0 Å². The molecule has 1 aromatic rings. The van der Waals surface area contributed by atoms with Gasteiger partial charge in [-0.2, -0.15) is 26.3 Å². The molecule has 1 nitrogen and oxygen atoms in total. The van der Waals surface area contributed by atoms with Crippen molar-refractivity contribution < 1.29 is 31.1 Å². The summed E-state index contributed by atoms with van der Waals surface area (Å²) in [6, 6.07) is 2.04. The lowest BCUT2D eigenvalue weighted by Crippen LogP contribution is -2.26. The fraction of sp³-hybridized carbons (Fsp3) is 0.300. The summed E-state index contributed by atoms with van der Waals surface area (Å²) in [7, 11) is 0. The predicted octanol–water partition coefficient (Wildman–Crippen LogP) is 3.76. The van der Waals surface area contributed by atoms with Crippen LogP contribution in [-0.4, -0.2) is 12.0 Å². The Bertz CT molecular complexity index is 443. The van der Waals surface area contributed by atoms with Gasteiger partial charge in [-0.05, 0) is 19.1 Å². The van der Waals surface area contributed by atoms with Crippen molar-refractivity contribution in [2.24, 2.45) is 0 Å². The average molecular weight is 256 g/mol. The molecule has 0 aliphatic rings. The number of Topliss-reactive ketones (excluding diaryl/α,β-unsaturated/α-hetero) is 1. The molecule has 1 aromatic carbocycles. The number of aryl methyl sites for hydroxylation is 1. The van der Waals surface area contributed by atoms with Crippen LogP contribution >= 0.6 is 0 Å². The SMILES string of the molecule is Cc1ccc(C(F)(F)F)c(C(=O)C(F)(F)F)c1. The second kappa shape index (κ2) is 4.05. The predicted molar refractivity (Wildman–Crippen MR) is 46.6 cm³/mol. The summed E-state index contributed by atoms with van der Waals surface area (Å²) in [6.45, 7) is 1.30. The molecule has 17 heavy (non-hydrogen) atoms. The van der Waals surface area contributed by atoms with Crippen LogP contribution in [0.3, 0.4) is 0 Å². The Morgan fingerprint density at radius 1 is 1.06 bits per heavy atom. The summed E-state index contributed by atoms with van der Waals surface area (Å²) in [5.41, 5.74) is -2.80. The van der Waals surface area contributed by atoms with Crippen molar-refractivity contribution in [1.29, 1.82) is 0 Å². The van der Waals surface area contributed by atoms with E-state index < -0.39 is 29.3 Å². The highest BCUT2D eigenvalue weighted by molar-refractivity contribution is 6.01. The monoisotopic (exact) mass is 256 g/mol. The zero-order valence-corrected chi connectivity index (χ0v) is 8.41. The van der Waals surface area contributed by atoms with E-state index in [1.165, 1.54) is 6.92 Å². The largest absolute Gasteiger partial charge is 0.454 e. The van der Waals surface area contributed by atoms with E-state index in [9.17, 15) is 31.1 Å². The number of ketones is 1. The van der Waals surface area contributed by atoms with Crippen LogP contribution in [0.15, 0.2) is 18.2 Å². The van der Waals surface area contributed by atoms with E-state index >= 15 is 0 Å². The van der Waals surface area contributed by atoms with Gasteiger partial charge in [0.25, 0.3) is 5.78 Å². The number of benzene rings is 1. The number of carbonyl (C=O) groups is 1. The molecular formula is C10H6F6O. The number of rotatable bonds is 1. The highest BCUT2D eigenvalue weighted by Crippen LogP contribution is 2.35. The number of halogens is 6. The van der Waals surface area contributed by atoms with E-state index in [2.05, 4.69) is 0 Å². The maximum Gasteiger partial charge on any atom is 0.454 e. The minimum absolute atomic E-state index is 0.144. The smallest absolute Gasteiger partial charge is 0.284 e. The zero-order valence-electron chi connectivity index (χ0n) is 8.41. The normalized spacial score (nSPS) is 12.6. The van der Waals surface area contributed by atoms with Gasteiger partial charge in [-0.3, -0.25) is 4.79 Å². The minimum Gasteiger partial charge on any atom is -0.284 e. The molecule has 0 N–H and O–H groups in total. The lowest BCUT2D eigenvalue weighted by atomic mass is 10.00. The van der Waals surface area contributed by atoms with Gasteiger partial charge < -0.3 is 0 Å². The third-order valence-electron chi connectivity index (χ3n) is 1.98. The summed E-state index contributed by atoms with van der Waals surface area (Å²) in [4.78, 5) is 10.9. The summed E-state index contributed by atoms with van der Waals surface area (Å²) in [5.74, 6) is -2.49. The second-order valence-corrected chi connectivity index (χ2v) is 3.37. The van der Waals surface area contributed by atoms with Crippen molar-refractivity contribution in [2.75, 3.05) is 0 Å². The first kappa shape index (κ1) is 13.5. The van der Waals surface area contributed by atoms with Crippen molar-refractivity contribution in [3.63, 3.8) is 0 Å². The molecule has 0 unspecified atom stereocenters. The van der Waals surface area contributed by atoms with Gasteiger partial charge >= 0.3 is 12.4 Å². The molecule has 0 heterocycles. The van der Waals surface area contributed by atoms with E-state index in [1.807, 2.05) is 0 Å². The van der Waals surface area contributed by atoms with Crippen molar-refractivity contribution in [1.82, 2.24) is 0 Å². The van der Waals surface area contributed by atoms with Crippen LogP contribution in [0.5, 0.6) is 0 Å². The standard InChI is InChI=1S/C10H6F6O/c1-5-2-3-7(9(11,12)13)6(4-5)8(17)10(14,15)16/h2-4H,1H3. The van der Waals surface area contributed by atoms with Gasteiger partial charge in [0.15, 0.2) is 0 Å². The first-order valence-corrected chi connectivity index (χ1v) is 4.33. The lowest BCUT2D eigenvalue weighted by molar-refractivity contribution is -0.138. The molecule has 0 bridgehead atoms. The third kappa shape index (κ3) is 2.98. The molecule has 94 valence electrons. The summed E-state index contributed by atoms with van der Waals surface area (Å²) >= 11 is 0. The Kier molecular flexibility index (Phi) is 3.22. The molecule has 0 atom stereocenters. The molecule has 0 saturated carbocycles. The Morgan fingerprint density at radius 2 is 1.59 bits per heavy atom. The highest BCUT2D eigenvalue weighted by atomic mass is 19.4. The van der Waals surface area contributed by atoms with Crippen molar-refractivity contribution in [3.05, 3.63) is 34.9 Å². The van der Waals surface area contributed by atoms with Crippen molar-refractivity contribution >= 4 is 5.78 Å². The van der Waals surface area contributed by atoms with Gasteiger partial charge in [0.1, 0.15) is 0 Å². The first-order valence-electron chi connectivity index (χ1n) is 4.33. The number of alkyl halides is 6. The molecule has 0 amide bonds. The lowest BCUT2D eigenvalue weighted by Gasteiger charge is -2.13. The Balaban J connectivity index is 3.41. The van der Waals surface area contributed by atoms with E-state index in [4.69, 9.17) is 0 Å². The van der Waals surface area contributed by atoms with E-state index in [1.54, 1.807) is 0 Å². The van der Waals surface area contributed by atoms with Gasteiger partial charge in [0.2, 0.25) is 0 Å². The topological polar surface area (TPSA) is 17.1 Å². The zero-order chi connectivity index (χ0) is 13.4. The first-order chi connectivity index (χ1) is 7.53.